The van der Waals surface area contributed by atoms with E-state index in [1.807, 2.05) is 4.72 Å². The molecule has 3 amide bonds. The standard InChI is InChI=1S/C20H28N12O6S2/c21-17-15-18(24-7-23-17)32(8-25-15)19-14(29-31-22)16(34)10(38-19)5-26-40(36,37)30-12(33)4-2-1-3-11-13-9(6-39-11)27-20(35)28-13/h7-11,13-14,16,19,26,34H,1-6H2,(H,30,33)(H2,21,23,24)(H2,27,28,35)/t9-,10+,11-,13-,14-,16+,19+/m0/s1. The van der Waals surface area contributed by atoms with Crippen LogP contribution in [-0.2, 0) is 19.7 Å². The lowest BCUT2D eigenvalue weighted by Gasteiger charge is -2.17. The fourth-order valence-electron chi connectivity index (χ4n) is 5.07. The van der Waals surface area contributed by atoms with Crippen LogP contribution in [0.2, 0.25) is 0 Å². The molecule has 20 heteroatoms. The van der Waals surface area contributed by atoms with Crippen LogP contribution in [0.15, 0.2) is 17.8 Å². The smallest absolute Gasteiger partial charge is 0.315 e. The summed E-state index contributed by atoms with van der Waals surface area (Å²) in [7, 11) is -4.26. The topological polar surface area (TPSA) is 264 Å². The highest BCUT2D eigenvalue weighted by atomic mass is 32.2. The molecule has 0 bridgehead atoms. The van der Waals surface area contributed by atoms with Crippen molar-refractivity contribution in [3.63, 3.8) is 0 Å². The molecular weight excluding hydrogens is 568 g/mol. The van der Waals surface area contributed by atoms with Crippen molar-refractivity contribution in [1.29, 1.82) is 0 Å². The highest BCUT2D eigenvalue weighted by Gasteiger charge is 2.45. The van der Waals surface area contributed by atoms with Crippen LogP contribution in [0.1, 0.15) is 31.9 Å². The largest absolute Gasteiger partial charge is 0.390 e. The van der Waals surface area contributed by atoms with E-state index in [0.29, 0.717) is 12.8 Å². The summed E-state index contributed by atoms with van der Waals surface area (Å²) in [4.78, 5) is 38.6. The summed E-state index contributed by atoms with van der Waals surface area (Å²) in [6.45, 7) is -0.414. The average Bonchev–Trinajstić information content (AvgIpc) is 3.65. The number of hydrogen-bond donors (Lipinski definition) is 6. The van der Waals surface area contributed by atoms with Crippen LogP contribution in [0.25, 0.3) is 21.6 Å². The number of hydrogen-bond acceptors (Lipinski definition) is 12. The second-order valence-corrected chi connectivity index (χ2v) is 12.4. The third-order valence-corrected chi connectivity index (χ3v) is 9.54. The fourth-order valence-corrected chi connectivity index (χ4v) is 7.47. The molecule has 2 aromatic heterocycles. The number of carbonyl (C=O) groups is 2. The minimum atomic E-state index is -4.26. The molecule has 0 saturated carbocycles. The number of carbonyl (C=O) groups excluding carboxylic acids is 2. The lowest BCUT2D eigenvalue weighted by Crippen LogP contribution is -2.45. The molecule has 3 fully saturated rings. The number of imidazole rings is 1. The van der Waals surface area contributed by atoms with Crippen LogP contribution in [0.4, 0.5) is 10.6 Å². The monoisotopic (exact) mass is 596 g/mol. The first-order valence-corrected chi connectivity index (χ1v) is 15.0. The maximum absolute atomic E-state index is 12.5. The summed E-state index contributed by atoms with van der Waals surface area (Å²) in [5.74, 6) is 0.276. The number of amides is 3. The van der Waals surface area contributed by atoms with E-state index < -0.39 is 47.1 Å². The number of fused-ring (bicyclic) bond motifs is 2. The van der Waals surface area contributed by atoms with E-state index in [9.17, 15) is 23.1 Å². The van der Waals surface area contributed by atoms with Crippen molar-refractivity contribution >= 4 is 50.9 Å². The van der Waals surface area contributed by atoms with Crippen molar-refractivity contribution in [1.82, 2.24) is 39.6 Å². The SMILES string of the molecule is [N-]=[N+]=N[C@H]1[C@H](O)[C@@H](CNS(=O)(=O)NC(=O)CCCC[C@@H]2SC[C@@H]3NC(=O)N[C@@H]32)O[C@H]1n1cnc2c(N)ncnc21. The molecule has 7 atom stereocenters. The number of aromatic nitrogens is 4. The molecular formula is C20H28N12O6S2. The number of nitrogens with two attached hydrogens (primary N) is 1. The van der Waals surface area contributed by atoms with Gasteiger partial charge in [-0.3, -0.25) is 9.36 Å². The van der Waals surface area contributed by atoms with Gasteiger partial charge in [0.2, 0.25) is 5.91 Å². The van der Waals surface area contributed by atoms with Crippen molar-refractivity contribution in [3.8, 4) is 0 Å². The third kappa shape index (κ3) is 5.86. The van der Waals surface area contributed by atoms with Crippen LogP contribution in [0, 0.1) is 0 Å². The highest BCUT2D eigenvalue weighted by molar-refractivity contribution is 8.00. The number of rotatable bonds is 11. The Labute approximate surface area is 232 Å². The Morgan fingerprint density at radius 1 is 1.35 bits per heavy atom. The van der Waals surface area contributed by atoms with Gasteiger partial charge in [-0.1, -0.05) is 11.5 Å². The molecule has 0 unspecified atom stereocenters. The van der Waals surface area contributed by atoms with E-state index in [1.54, 1.807) is 11.8 Å². The van der Waals surface area contributed by atoms with Gasteiger partial charge in [0, 0.05) is 28.9 Å². The van der Waals surface area contributed by atoms with Gasteiger partial charge < -0.3 is 26.2 Å². The Balaban J connectivity index is 1.11. The van der Waals surface area contributed by atoms with Crippen molar-refractivity contribution < 1.29 is 27.9 Å². The minimum Gasteiger partial charge on any atom is -0.390 e. The number of anilines is 1. The van der Waals surface area contributed by atoms with E-state index in [4.69, 9.17) is 16.0 Å². The molecule has 0 radical (unpaired) electrons. The van der Waals surface area contributed by atoms with Crippen LogP contribution < -0.4 is 25.8 Å². The molecule has 5 rings (SSSR count). The van der Waals surface area contributed by atoms with Gasteiger partial charge in [0.1, 0.15) is 30.2 Å². The van der Waals surface area contributed by atoms with Crippen molar-refractivity contribution in [2.75, 3.05) is 18.0 Å². The van der Waals surface area contributed by atoms with Crippen molar-refractivity contribution in [2.45, 2.75) is 67.5 Å². The van der Waals surface area contributed by atoms with Gasteiger partial charge >= 0.3 is 16.2 Å². The third-order valence-electron chi connectivity index (χ3n) is 6.99. The predicted octanol–water partition coefficient (Wildman–Crippen LogP) is -0.978. The first kappa shape index (κ1) is 28.1. The number of unbranched alkanes of at least 4 members (excludes halogenated alkanes) is 1. The normalized spacial score (nSPS) is 29.5. The molecule has 40 heavy (non-hydrogen) atoms. The second-order valence-electron chi connectivity index (χ2n) is 9.58. The predicted molar refractivity (Wildman–Crippen MR) is 142 cm³/mol. The summed E-state index contributed by atoms with van der Waals surface area (Å²) in [5, 5.41) is 20.4. The summed E-state index contributed by atoms with van der Waals surface area (Å²) in [6.07, 6.45) is 0.950. The Hall–Kier alpha value is -3.42. The summed E-state index contributed by atoms with van der Waals surface area (Å²) < 4.78 is 36.3. The van der Waals surface area contributed by atoms with Gasteiger partial charge in [-0.2, -0.15) is 24.9 Å². The van der Waals surface area contributed by atoms with Gasteiger partial charge in [0.15, 0.2) is 11.5 Å². The summed E-state index contributed by atoms with van der Waals surface area (Å²) in [5.41, 5.74) is 15.4. The van der Waals surface area contributed by atoms with Crippen molar-refractivity contribution in [3.05, 3.63) is 23.1 Å². The zero-order valence-electron chi connectivity index (χ0n) is 21.0. The molecule has 3 saturated heterocycles. The number of nitrogens with zero attached hydrogens (tertiary/aromatic N) is 7. The zero-order valence-corrected chi connectivity index (χ0v) is 22.6. The number of nitrogen functional groups attached to an aromatic ring is 1. The zero-order chi connectivity index (χ0) is 28.4. The highest BCUT2D eigenvalue weighted by Crippen LogP contribution is 2.35. The summed E-state index contributed by atoms with van der Waals surface area (Å²) in [6, 6.07) is -1.11. The Morgan fingerprint density at radius 3 is 2.98 bits per heavy atom. The first-order valence-electron chi connectivity index (χ1n) is 12.5. The molecule has 2 aromatic rings. The molecule has 0 aromatic carbocycles. The van der Waals surface area contributed by atoms with E-state index in [0.717, 1.165) is 12.2 Å². The van der Waals surface area contributed by atoms with Crippen LogP contribution >= 0.6 is 11.8 Å². The number of thioether (sulfide) groups is 1. The molecule has 18 nitrogen and oxygen atoms in total. The Kier molecular flexibility index (Phi) is 8.15. The van der Waals surface area contributed by atoms with Gasteiger partial charge in [0.25, 0.3) is 0 Å². The molecule has 216 valence electrons. The van der Waals surface area contributed by atoms with Gasteiger partial charge in [0.05, 0.1) is 24.5 Å². The minimum absolute atomic E-state index is 0.000716. The Bertz CT molecular complexity index is 1430. The van der Waals surface area contributed by atoms with E-state index in [2.05, 4.69) is 40.3 Å². The molecule has 3 aliphatic rings. The van der Waals surface area contributed by atoms with Gasteiger partial charge in [-0.25, -0.2) is 24.5 Å². The van der Waals surface area contributed by atoms with Gasteiger partial charge in [-0.05, 0) is 18.4 Å². The number of aliphatic hydroxyl groups is 1. The number of urea groups is 1. The van der Waals surface area contributed by atoms with E-state index in [1.165, 1.54) is 17.2 Å². The van der Waals surface area contributed by atoms with Crippen LogP contribution in [-0.4, -0.2) is 92.9 Å². The van der Waals surface area contributed by atoms with Crippen LogP contribution in [0.5, 0.6) is 0 Å². The molecule has 7 N–H and O–H groups in total. The molecule has 0 spiro atoms. The number of ether oxygens (including phenoxy) is 1. The Morgan fingerprint density at radius 2 is 2.17 bits per heavy atom. The maximum atomic E-state index is 12.5. The van der Waals surface area contributed by atoms with Crippen molar-refractivity contribution in [2.24, 2.45) is 5.11 Å². The maximum Gasteiger partial charge on any atom is 0.315 e. The summed E-state index contributed by atoms with van der Waals surface area (Å²) >= 11 is 1.77. The number of nitrogens with one attached hydrogen (secondary N) is 4. The molecule has 0 aliphatic carbocycles. The first-order chi connectivity index (χ1) is 19.2. The number of aliphatic hydroxyl groups excluding tert-OH is 1. The lowest BCUT2D eigenvalue weighted by atomic mass is 10.0. The molecule has 3 aliphatic heterocycles. The van der Waals surface area contributed by atoms with E-state index >= 15 is 0 Å². The number of azide groups is 1. The quantitative estimate of drug-likeness (QED) is 0.0603. The van der Waals surface area contributed by atoms with Gasteiger partial charge in [-0.15, -0.1) is 0 Å². The fraction of sp³-hybridized carbons (Fsp3) is 0.650. The average molecular weight is 597 g/mol. The lowest BCUT2D eigenvalue weighted by molar-refractivity contribution is -0.119. The van der Waals surface area contributed by atoms with Crippen LogP contribution in [0.3, 0.4) is 0 Å². The second kappa shape index (κ2) is 11.6. The molecule has 5 heterocycles. The van der Waals surface area contributed by atoms with E-state index in [-0.39, 0.29) is 46.8 Å².